The van der Waals surface area contributed by atoms with Gasteiger partial charge in [0, 0.05) is 44.5 Å². The lowest BCUT2D eigenvalue weighted by molar-refractivity contribution is 0.0186. The first-order valence-corrected chi connectivity index (χ1v) is 10.1. The lowest BCUT2D eigenvalue weighted by Crippen LogP contribution is -2.53. The van der Waals surface area contributed by atoms with Crippen LogP contribution in [-0.4, -0.2) is 58.6 Å². The van der Waals surface area contributed by atoms with E-state index in [1.54, 1.807) is 29.3 Å². The Hall–Kier alpha value is -2.63. The molecule has 1 aliphatic heterocycles. The van der Waals surface area contributed by atoms with Crippen molar-refractivity contribution < 1.29 is 18.7 Å². The van der Waals surface area contributed by atoms with Gasteiger partial charge in [0.15, 0.2) is 5.96 Å². The number of carbonyl (C=O) groups is 1. The van der Waals surface area contributed by atoms with Crippen LogP contribution in [0.1, 0.15) is 26.3 Å². The summed E-state index contributed by atoms with van der Waals surface area (Å²) in [5, 5.41) is 0. The van der Waals surface area contributed by atoms with Gasteiger partial charge in [0.2, 0.25) is 5.88 Å². The first-order chi connectivity index (χ1) is 14.7. The second-order valence-corrected chi connectivity index (χ2v) is 8.19. The maximum absolute atomic E-state index is 13.2. The molecule has 1 aliphatic rings. The van der Waals surface area contributed by atoms with Gasteiger partial charge in [-0.05, 0) is 38.5 Å². The van der Waals surface area contributed by atoms with E-state index in [0.717, 1.165) is 5.56 Å². The molecule has 1 aromatic carbocycles. The molecule has 1 saturated heterocycles. The Labute approximate surface area is 204 Å². The van der Waals surface area contributed by atoms with Crippen LogP contribution in [0.3, 0.4) is 0 Å². The SMILES string of the molecule is CC(C)(C)OC(=O)N1CCN(C(N)=NCc2ccc(Oc3cccc(F)c3)nc2)CC1.I. The van der Waals surface area contributed by atoms with E-state index in [1.807, 2.05) is 31.7 Å². The van der Waals surface area contributed by atoms with Crippen LogP contribution >= 0.6 is 24.0 Å². The van der Waals surface area contributed by atoms with E-state index < -0.39 is 5.60 Å². The van der Waals surface area contributed by atoms with E-state index in [-0.39, 0.29) is 35.9 Å². The third-order valence-corrected chi connectivity index (χ3v) is 4.50. The molecule has 8 nitrogen and oxygen atoms in total. The number of amides is 1. The molecule has 32 heavy (non-hydrogen) atoms. The van der Waals surface area contributed by atoms with Crippen LogP contribution in [0.2, 0.25) is 0 Å². The van der Waals surface area contributed by atoms with Crippen LogP contribution < -0.4 is 10.5 Å². The topological polar surface area (TPSA) is 93.3 Å². The molecule has 2 heterocycles. The predicted molar refractivity (Wildman–Crippen MR) is 131 cm³/mol. The number of piperazine rings is 1. The molecular formula is C22H29FIN5O3. The van der Waals surface area contributed by atoms with E-state index in [4.69, 9.17) is 15.2 Å². The fourth-order valence-corrected chi connectivity index (χ4v) is 2.93. The number of rotatable bonds is 4. The van der Waals surface area contributed by atoms with Crippen molar-refractivity contribution in [3.05, 3.63) is 54.0 Å². The Bertz CT molecular complexity index is 926. The number of pyridine rings is 1. The van der Waals surface area contributed by atoms with Crippen LogP contribution in [0.25, 0.3) is 0 Å². The van der Waals surface area contributed by atoms with Crippen molar-refractivity contribution in [3.63, 3.8) is 0 Å². The van der Waals surface area contributed by atoms with E-state index in [9.17, 15) is 9.18 Å². The quantitative estimate of drug-likeness (QED) is 0.347. The van der Waals surface area contributed by atoms with Gasteiger partial charge < -0.3 is 25.0 Å². The molecule has 10 heteroatoms. The number of aromatic nitrogens is 1. The fourth-order valence-electron chi connectivity index (χ4n) is 2.93. The van der Waals surface area contributed by atoms with E-state index in [1.165, 1.54) is 12.1 Å². The summed E-state index contributed by atoms with van der Waals surface area (Å²) in [5.74, 6) is 0.799. The Morgan fingerprint density at radius 1 is 1.16 bits per heavy atom. The number of hydrogen-bond acceptors (Lipinski definition) is 5. The summed E-state index contributed by atoms with van der Waals surface area (Å²) in [7, 11) is 0. The number of nitrogens with zero attached hydrogens (tertiary/aromatic N) is 4. The second-order valence-electron chi connectivity index (χ2n) is 8.19. The number of benzene rings is 1. The first kappa shape index (κ1) is 25.6. The molecule has 0 radical (unpaired) electrons. The number of guanidine groups is 1. The molecule has 0 atom stereocenters. The van der Waals surface area contributed by atoms with Crippen LogP contribution in [0.15, 0.2) is 47.6 Å². The normalized spacial score (nSPS) is 14.6. The Balaban J connectivity index is 0.00000363. The van der Waals surface area contributed by atoms with Crippen molar-refractivity contribution in [3.8, 4) is 11.6 Å². The third-order valence-electron chi connectivity index (χ3n) is 4.50. The fraction of sp³-hybridized carbons (Fsp3) is 0.409. The molecule has 174 valence electrons. The minimum absolute atomic E-state index is 0. The molecule has 1 fully saturated rings. The summed E-state index contributed by atoms with van der Waals surface area (Å²) < 4.78 is 24.2. The van der Waals surface area contributed by atoms with E-state index in [2.05, 4.69) is 9.98 Å². The largest absolute Gasteiger partial charge is 0.444 e. The smallest absolute Gasteiger partial charge is 0.410 e. The maximum Gasteiger partial charge on any atom is 0.410 e. The van der Waals surface area contributed by atoms with Gasteiger partial charge in [-0.1, -0.05) is 12.1 Å². The first-order valence-electron chi connectivity index (χ1n) is 10.1. The van der Waals surface area contributed by atoms with Crippen molar-refractivity contribution in [2.45, 2.75) is 32.9 Å². The van der Waals surface area contributed by atoms with Gasteiger partial charge in [-0.25, -0.2) is 19.2 Å². The van der Waals surface area contributed by atoms with Gasteiger partial charge >= 0.3 is 6.09 Å². The third kappa shape index (κ3) is 7.81. The molecule has 1 aromatic heterocycles. The minimum atomic E-state index is -0.513. The molecule has 1 amide bonds. The molecule has 0 unspecified atom stereocenters. The summed E-state index contributed by atoms with van der Waals surface area (Å²) in [5.41, 5.74) is 6.48. The Kier molecular flexibility index (Phi) is 9.05. The molecular weight excluding hydrogens is 528 g/mol. The zero-order chi connectivity index (χ0) is 22.4. The van der Waals surface area contributed by atoms with Crippen molar-refractivity contribution in [2.24, 2.45) is 10.7 Å². The molecule has 2 aromatic rings. The summed E-state index contributed by atoms with van der Waals surface area (Å²) >= 11 is 0. The van der Waals surface area contributed by atoms with E-state index >= 15 is 0 Å². The van der Waals surface area contributed by atoms with Crippen LogP contribution in [-0.2, 0) is 11.3 Å². The van der Waals surface area contributed by atoms with Gasteiger partial charge in [0.25, 0.3) is 0 Å². The number of halogens is 2. The molecule has 0 bridgehead atoms. The molecule has 0 spiro atoms. The molecule has 3 rings (SSSR count). The average molecular weight is 557 g/mol. The monoisotopic (exact) mass is 557 g/mol. The number of aliphatic imine (C=N–C) groups is 1. The van der Waals surface area contributed by atoms with Crippen LogP contribution in [0, 0.1) is 5.82 Å². The highest BCUT2D eigenvalue weighted by molar-refractivity contribution is 14.0. The van der Waals surface area contributed by atoms with Crippen LogP contribution in [0.4, 0.5) is 9.18 Å². The van der Waals surface area contributed by atoms with Gasteiger partial charge in [0.05, 0.1) is 6.54 Å². The maximum atomic E-state index is 13.2. The Morgan fingerprint density at radius 3 is 2.44 bits per heavy atom. The predicted octanol–water partition coefficient (Wildman–Crippen LogP) is 4.00. The zero-order valence-corrected chi connectivity index (χ0v) is 20.8. The summed E-state index contributed by atoms with van der Waals surface area (Å²) in [6, 6.07) is 9.41. The lowest BCUT2D eigenvalue weighted by atomic mass is 10.2. The van der Waals surface area contributed by atoms with Gasteiger partial charge in [-0.2, -0.15) is 0 Å². The van der Waals surface area contributed by atoms with Crippen molar-refractivity contribution in [2.75, 3.05) is 26.2 Å². The summed E-state index contributed by atoms with van der Waals surface area (Å²) in [4.78, 5) is 24.4. The standard InChI is InChI=1S/C22H28FN5O3.HI/c1-22(2,3)31-21(29)28-11-9-27(10-12-28)20(24)26-15-16-7-8-19(25-14-16)30-18-6-4-5-17(23)13-18;/h4-8,13-14H,9-12,15H2,1-3H3,(H2,24,26);1H. The molecule has 2 N–H and O–H groups in total. The highest BCUT2D eigenvalue weighted by atomic mass is 127. The van der Waals surface area contributed by atoms with Crippen molar-refractivity contribution in [1.29, 1.82) is 0 Å². The minimum Gasteiger partial charge on any atom is -0.444 e. The lowest BCUT2D eigenvalue weighted by Gasteiger charge is -2.36. The van der Waals surface area contributed by atoms with Crippen molar-refractivity contribution >= 4 is 36.0 Å². The number of ether oxygens (including phenoxy) is 2. The van der Waals surface area contributed by atoms with Crippen molar-refractivity contribution in [1.82, 2.24) is 14.8 Å². The Morgan fingerprint density at radius 2 is 1.84 bits per heavy atom. The van der Waals surface area contributed by atoms with E-state index in [0.29, 0.717) is 50.3 Å². The molecule has 0 aliphatic carbocycles. The average Bonchev–Trinajstić information content (AvgIpc) is 2.72. The molecule has 0 saturated carbocycles. The highest BCUT2D eigenvalue weighted by Crippen LogP contribution is 2.20. The highest BCUT2D eigenvalue weighted by Gasteiger charge is 2.26. The van der Waals surface area contributed by atoms with Crippen LogP contribution in [0.5, 0.6) is 11.6 Å². The number of hydrogen-bond donors (Lipinski definition) is 1. The van der Waals surface area contributed by atoms with Gasteiger partial charge in [-0.15, -0.1) is 24.0 Å². The zero-order valence-electron chi connectivity index (χ0n) is 18.5. The summed E-state index contributed by atoms with van der Waals surface area (Å²) in [6.07, 6.45) is 1.33. The van der Waals surface area contributed by atoms with Gasteiger partial charge in [0.1, 0.15) is 17.2 Å². The summed E-state index contributed by atoms with van der Waals surface area (Å²) in [6.45, 7) is 8.14. The van der Waals surface area contributed by atoms with Gasteiger partial charge in [-0.3, -0.25) is 0 Å². The number of carbonyl (C=O) groups excluding carboxylic acids is 1. The number of nitrogens with two attached hydrogens (primary N) is 1. The second kappa shape index (κ2) is 11.3.